The number of rotatable bonds is 7. The quantitative estimate of drug-likeness (QED) is 0.178. The first-order chi connectivity index (χ1) is 20.0. The first-order valence-electron chi connectivity index (χ1n) is 12.9. The maximum absolute atomic E-state index is 10.9. The van der Waals surface area contributed by atoms with E-state index in [0.717, 1.165) is 6.07 Å². The van der Waals surface area contributed by atoms with E-state index in [1.165, 1.54) is 37.5 Å². The number of phenols is 3. The van der Waals surface area contributed by atoms with E-state index < -0.39 is 74.6 Å². The standard InChI is InChI=1S/C27H32O15/c1-37-17-4-10(2-3-13(17)30)24-18(7-12-14(31)5-11(29)6-16(12)39-24)40-27-25(22(35)21(34)19(8-28)41-27)42-26-23(36)20(33)15(32)9-38-26/h2-7,15,19-36H,8-9H2,1H3/t15-,19+,20-,21+,22-,23+,24?,25-,26+,27+/m0/s1. The number of aliphatic hydroxyl groups excluding tert-OH is 6. The molecule has 2 fully saturated rings. The molecule has 3 heterocycles. The van der Waals surface area contributed by atoms with Gasteiger partial charge in [-0.1, -0.05) is 6.07 Å². The summed E-state index contributed by atoms with van der Waals surface area (Å²) in [6.07, 6.45) is -14.1. The lowest BCUT2D eigenvalue weighted by atomic mass is 9.98. The minimum atomic E-state index is -1.77. The van der Waals surface area contributed by atoms with Crippen molar-refractivity contribution in [2.45, 2.75) is 61.4 Å². The van der Waals surface area contributed by atoms with Crippen molar-refractivity contribution in [3.63, 3.8) is 0 Å². The van der Waals surface area contributed by atoms with Gasteiger partial charge in [0.2, 0.25) is 6.29 Å². The van der Waals surface area contributed by atoms with Crippen LogP contribution in [0.4, 0.5) is 0 Å². The smallest absolute Gasteiger partial charge is 0.229 e. The molecule has 9 N–H and O–H groups in total. The Morgan fingerprint density at radius 3 is 2.36 bits per heavy atom. The molecule has 0 aliphatic carbocycles. The molecule has 2 aromatic rings. The Hall–Kier alpha value is -3.38. The zero-order chi connectivity index (χ0) is 30.3. The fourth-order valence-corrected chi connectivity index (χ4v) is 4.91. The van der Waals surface area contributed by atoms with Crippen molar-refractivity contribution in [1.29, 1.82) is 0 Å². The maximum atomic E-state index is 10.9. The third-order valence-electron chi connectivity index (χ3n) is 7.22. The largest absolute Gasteiger partial charge is 0.508 e. The molecule has 3 aliphatic rings. The van der Waals surface area contributed by atoms with Crippen LogP contribution in [0.3, 0.4) is 0 Å². The van der Waals surface area contributed by atoms with Crippen molar-refractivity contribution in [3.05, 3.63) is 47.2 Å². The van der Waals surface area contributed by atoms with Crippen LogP contribution in [0.2, 0.25) is 0 Å². The number of aliphatic hydroxyl groups is 6. The summed E-state index contributed by atoms with van der Waals surface area (Å²) in [5.74, 6) is -0.681. The second-order valence-electron chi connectivity index (χ2n) is 10.0. The van der Waals surface area contributed by atoms with Gasteiger partial charge in [-0.3, -0.25) is 0 Å². The van der Waals surface area contributed by atoms with Crippen LogP contribution in [0.1, 0.15) is 17.2 Å². The second kappa shape index (κ2) is 12.1. The summed E-state index contributed by atoms with van der Waals surface area (Å²) in [6, 6.07) is 6.63. The summed E-state index contributed by atoms with van der Waals surface area (Å²) >= 11 is 0. The van der Waals surface area contributed by atoms with Crippen molar-refractivity contribution in [1.82, 2.24) is 0 Å². The van der Waals surface area contributed by atoms with Gasteiger partial charge < -0.3 is 74.4 Å². The van der Waals surface area contributed by atoms with Gasteiger partial charge in [0.05, 0.1) is 25.9 Å². The third-order valence-corrected chi connectivity index (χ3v) is 7.22. The molecule has 0 saturated carbocycles. The fraction of sp³-hybridized carbons (Fsp3) is 0.481. The lowest BCUT2D eigenvalue weighted by Crippen LogP contribution is -2.63. The monoisotopic (exact) mass is 596 g/mol. The average Bonchev–Trinajstić information content (AvgIpc) is 2.97. The Balaban J connectivity index is 1.52. The topological polar surface area (TPSA) is 237 Å². The maximum Gasteiger partial charge on any atom is 0.229 e. The summed E-state index contributed by atoms with van der Waals surface area (Å²) < 4.78 is 34.1. The van der Waals surface area contributed by atoms with Crippen LogP contribution >= 0.6 is 0 Å². The zero-order valence-electron chi connectivity index (χ0n) is 22.1. The molecule has 0 bridgehead atoms. The van der Waals surface area contributed by atoms with E-state index in [-0.39, 0.29) is 40.1 Å². The molecule has 1 unspecified atom stereocenters. The molecule has 2 saturated heterocycles. The van der Waals surface area contributed by atoms with Crippen molar-refractivity contribution >= 4 is 6.08 Å². The van der Waals surface area contributed by atoms with Gasteiger partial charge in [0.1, 0.15) is 59.6 Å². The number of ether oxygens (including phenoxy) is 6. The molecule has 0 radical (unpaired) electrons. The SMILES string of the molecule is COc1cc(C2Oc3cc(O)cc(O)c3C=C2O[C@@H]2O[C@H](CO)[C@@H](O)[C@H](O)[C@@H]2O[C@H]2OC[C@H](O)[C@H](O)[C@H]2O)ccc1O. The molecule has 15 nitrogen and oxygen atoms in total. The van der Waals surface area contributed by atoms with Gasteiger partial charge in [-0.2, -0.15) is 0 Å². The Labute approximate surface area is 238 Å². The molecule has 230 valence electrons. The van der Waals surface area contributed by atoms with Crippen LogP contribution in [0.15, 0.2) is 36.1 Å². The van der Waals surface area contributed by atoms with Crippen LogP contribution in [0.25, 0.3) is 6.08 Å². The van der Waals surface area contributed by atoms with Gasteiger partial charge in [0, 0.05) is 17.7 Å². The highest BCUT2D eigenvalue weighted by atomic mass is 16.8. The highest BCUT2D eigenvalue weighted by Crippen LogP contribution is 2.45. The third kappa shape index (κ3) is 5.66. The highest BCUT2D eigenvalue weighted by Gasteiger charge is 2.50. The van der Waals surface area contributed by atoms with Crippen LogP contribution in [0, 0.1) is 0 Å². The lowest BCUT2D eigenvalue weighted by molar-refractivity contribution is -0.352. The minimum Gasteiger partial charge on any atom is -0.508 e. The summed E-state index contributed by atoms with van der Waals surface area (Å²) in [7, 11) is 1.34. The van der Waals surface area contributed by atoms with E-state index in [2.05, 4.69) is 0 Å². The number of aromatic hydroxyl groups is 3. The predicted molar refractivity (Wildman–Crippen MR) is 137 cm³/mol. The number of hydrogen-bond acceptors (Lipinski definition) is 15. The fourth-order valence-electron chi connectivity index (χ4n) is 4.91. The first kappa shape index (κ1) is 30.1. The van der Waals surface area contributed by atoms with Crippen molar-refractivity contribution in [2.75, 3.05) is 20.3 Å². The number of fused-ring (bicyclic) bond motifs is 1. The van der Waals surface area contributed by atoms with E-state index >= 15 is 0 Å². The van der Waals surface area contributed by atoms with Crippen molar-refractivity contribution in [2.24, 2.45) is 0 Å². The normalized spacial score (nSPS) is 34.6. The van der Waals surface area contributed by atoms with Crippen LogP contribution < -0.4 is 9.47 Å². The van der Waals surface area contributed by atoms with E-state index in [0.29, 0.717) is 5.56 Å². The summed E-state index contributed by atoms with van der Waals surface area (Å²) in [4.78, 5) is 0. The molecule has 10 atom stereocenters. The molecule has 5 rings (SSSR count). The minimum absolute atomic E-state index is 0.0457. The van der Waals surface area contributed by atoms with Gasteiger partial charge >= 0.3 is 0 Å². The van der Waals surface area contributed by atoms with Crippen LogP contribution in [-0.2, 0) is 18.9 Å². The van der Waals surface area contributed by atoms with Crippen LogP contribution in [0.5, 0.6) is 28.7 Å². The zero-order valence-corrected chi connectivity index (χ0v) is 22.1. The molecule has 0 spiro atoms. The molecule has 2 aromatic carbocycles. The van der Waals surface area contributed by atoms with Gasteiger partial charge in [0.25, 0.3) is 0 Å². The van der Waals surface area contributed by atoms with E-state index in [4.69, 9.17) is 28.4 Å². The molecular formula is C27H32O15. The molecule has 3 aliphatic heterocycles. The molecule has 0 aromatic heterocycles. The van der Waals surface area contributed by atoms with Gasteiger partial charge in [-0.25, -0.2) is 0 Å². The van der Waals surface area contributed by atoms with Gasteiger partial charge in [0.15, 0.2) is 30.0 Å². The Kier molecular flexibility index (Phi) is 8.66. The molecule has 0 amide bonds. The molecular weight excluding hydrogens is 564 g/mol. The first-order valence-corrected chi connectivity index (χ1v) is 12.9. The number of methoxy groups -OCH3 is 1. The van der Waals surface area contributed by atoms with Gasteiger partial charge in [-0.15, -0.1) is 0 Å². The van der Waals surface area contributed by atoms with Crippen molar-refractivity contribution < 1.29 is 74.4 Å². The summed E-state index contributed by atoms with van der Waals surface area (Å²) in [5, 5.41) is 92.1. The predicted octanol–water partition coefficient (Wildman–Crippen LogP) is -1.43. The lowest BCUT2D eigenvalue weighted by Gasteiger charge is -2.45. The van der Waals surface area contributed by atoms with Crippen LogP contribution in [-0.4, -0.2) is 122 Å². The highest BCUT2D eigenvalue weighted by molar-refractivity contribution is 5.69. The Bertz CT molecular complexity index is 1300. The Morgan fingerprint density at radius 2 is 1.64 bits per heavy atom. The molecule has 42 heavy (non-hydrogen) atoms. The van der Waals surface area contributed by atoms with E-state index in [1.54, 1.807) is 0 Å². The summed E-state index contributed by atoms with van der Waals surface area (Å²) in [5.41, 5.74) is 0.487. The number of benzene rings is 2. The van der Waals surface area contributed by atoms with E-state index in [9.17, 15) is 46.0 Å². The average molecular weight is 597 g/mol. The second-order valence-corrected chi connectivity index (χ2v) is 10.0. The molecule has 15 heteroatoms. The van der Waals surface area contributed by atoms with E-state index in [1.807, 2.05) is 0 Å². The van der Waals surface area contributed by atoms with Gasteiger partial charge in [-0.05, 0) is 18.2 Å². The van der Waals surface area contributed by atoms with Crippen molar-refractivity contribution in [3.8, 4) is 28.7 Å². The number of hydrogen-bond donors (Lipinski definition) is 9. The number of phenolic OH excluding ortho intramolecular Hbond substituents is 3. The summed E-state index contributed by atoms with van der Waals surface area (Å²) in [6.45, 7) is -1.14. The Morgan fingerprint density at radius 1 is 0.881 bits per heavy atom.